The number of aliphatic carboxylic acids is 1. The van der Waals surface area contributed by atoms with Crippen molar-refractivity contribution in [3.05, 3.63) is 0 Å². The minimum atomic E-state index is -0.877. The summed E-state index contributed by atoms with van der Waals surface area (Å²) in [7, 11) is 3.69. The fourth-order valence-corrected chi connectivity index (χ4v) is 2.20. The molecule has 17 heavy (non-hydrogen) atoms. The van der Waals surface area contributed by atoms with Gasteiger partial charge >= 0.3 is 5.97 Å². The number of carboxylic acid groups (broad SMARTS) is 1. The molecule has 0 radical (unpaired) electrons. The first-order chi connectivity index (χ1) is 7.74. The number of carbonyl (C=O) groups is 2. The zero-order valence-corrected chi connectivity index (χ0v) is 11.1. The van der Waals surface area contributed by atoms with E-state index >= 15 is 0 Å². The lowest BCUT2D eigenvalue weighted by atomic mass is 9.96. The van der Waals surface area contributed by atoms with Crippen LogP contribution in [0.1, 0.15) is 26.7 Å². The van der Waals surface area contributed by atoms with E-state index in [1.54, 1.807) is 25.8 Å². The molecule has 1 aliphatic rings. The lowest BCUT2D eigenvalue weighted by Gasteiger charge is -2.36. The average molecular weight is 242 g/mol. The molecular formula is C12H22N2O3. The molecule has 0 aromatic rings. The van der Waals surface area contributed by atoms with Crippen molar-refractivity contribution in [3.8, 4) is 0 Å². The molecule has 0 aliphatic carbocycles. The Balaban J connectivity index is 2.65. The standard InChI is InChI=1S/C12H22N2O3/c1-12(2,7-10(15)16)14(4)11(17)9-5-6-13(3)8-9/h9H,5-8H2,1-4H3,(H,15,16). The molecule has 0 saturated carbocycles. The van der Waals surface area contributed by atoms with Gasteiger partial charge in [0.2, 0.25) is 5.91 Å². The first-order valence-corrected chi connectivity index (χ1v) is 5.92. The quantitative estimate of drug-likeness (QED) is 0.786. The summed E-state index contributed by atoms with van der Waals surface area (Å²) in [6.45, 7) is 5.28. The minimum absolute atomic E-state index is 0.0121. The highest BCUT2D eigenvalue weighted by atomic mass is 16.4. The van der Waals surface area contributed by atoms with E-state index in [1.807, 2.05) is 7.05 Å². The third-order valence-corrected chi connectivity index (χ3v) is 3.56. The maximum atomic E-state index is 12.2. The maximum Gasteiger partial charge on any atom is 0.305 e. The van der Waals surface area contributed by atoms with Crippen LogP contribution in [-0.4, -0.2) is 59.5 Å². The minimum Gasteiger partial charge on any atom is -0.481 e. The SMILES string of the molecule is CN1CCC(C(=O)N(C)C(C)(C)CC(=O)O)C1. The van der Waals surface area contributed by atoms with E-state index in [2.05, 4.69) is 4.90 Å². The van der Waals surface area contributed by atoms with E-state index in [-0.39, 0.29) is 18.2 Å². The maximum absolute atomic E-state index is 12.2. The summed E-state index contributed by atoms with van der Waals surface area (Å²) in [5.41, 5.74) is -0.635. The van der Waals surface area contributed by atoms with E-state index in [4.69, 9.17) is 5.11 Å². The predicted molar refractivity (Wildman–Crippen MR) is 64.7 cm³/mol. The third-order valence-electron chi connectivity index (χ3n) is 3.56. The van der Waals surface area contributed by atoms with E-state index < -0.39 is 11.5 Å². The molecule has 5 heteroatoms. The highest BCUT2D eigenvalue weighted by molar-refractivity contribution is 5.80. The van der Waals surface area contributed by atoms with Gasteiger partial charge in [-0.3, -0.25) is 9.59 Å². The van der Waals surface area contributed by atoms with Crippen LogP contribution in [0.3, 0.4) is 0 Å². The van der Waals surface area contributed by atoms with Crippen molar-refractivity contribution in [3.63, 3.8) is 0 Å². The van der Waals surface area contributed by atoms with Gasteiger partial charge < -0.3 is 14.9 Å². The molecular weight excluding hydrogens is 220 g/mol. The smallest absolute Gasteiger partial charge is 0.305 e. The van der Waals surface area contributed by atoms with Crippen molar-refractivity contribution < 1.29 is 14.7 Å². The second kappa shape index (κ2) is 5.04. The Labute approximate surface area is 102 Å². The number of hydrogen-bond acceptors (Lipinski definition) is 3. The van der Waals surface area contributed by atoms with Gasteiger partial charge in [0.15, 0.2) is 0 Å². The summed E-state index contributed by atoms with van der Waals surface area (Å²) in [5, 5.41) is 8.84. The monoisotopic (exact) mass is 242 g/mol. The zero-order valence-electron chi connectivity index (χ0n) is 11.1. The van der Waals surface area contributed by atoms with E-state index in [1.165, 1.54) is 0 Å². The van der Waals surface area contributed by atoms with Gasteiger partial charge in [-0.2, -0.15) is 0 Å². The molecule has 0 spiro atoms. The molecule has 1 atom stereocenters. The van der Waals surface area contributed by atoms with E-state index in [0.717, 1.165) is 19.5 Å². The lowest BCUT2D eigenvalue weighted by Crippen LogP contribution is -2.49. The summed E-state index contributed by atoms with van der Waals surface area (Å²) in [4.78, 5) is 26.7. The second-order valence-corrected chi connectivity index (χ2v) is 5.53. The number of hydrogen-bond donors (Lipinski definition) is 1. The Hall–Kier alpha value is -1.10. The molecule has 5 nitrogen and oxygen atoms in total. The average Bonchev–Trinajstić information content (AvgIpc) is 2.60. The van der Waals surface area contributed by atoms with E-state index in [0.29, 0.717) is 0 Å². The second-order valence-electron chi connectivity index (χ2n) is 5.53. The lowest BCUT2D eigenvalue weighted by molar-refractivity contribution is -0.144. The fraction of sp³-hybridized carbons (Fsp3) is 0.833. The summed E-state index contributed by atoms with van der Waals surface area (Å²) in [5.74, 6) is -0.808. The van der Waals surface area contributed by atoms with Crippen LogP contribution in [-0.2, 0) is 9.59 Å². The van der Waals surface area contributed by atoms with Gasteiger partial charge in [-0.1, -0.05) is 0 Å². The van der Waals surface area contributed by atoms with Crippen molar-refractivity contribution in [2.45, 2.75) is 32.2 Å². The van der Waals surface area contributed by atoms with Gasteiger partial charge in [-0.25, -0.2) is 0 Å². The van der Waals surface area contributed by atoms with Crippen molar-refractivity contribution in [2.75, 3.05) is 27.2 Å². The summed E-state index contributed by atoms with van der Waals surface area (Å²) in [6.07, 6.45) is 0.834. The van der Waals surface area contributed by atoms with Gasteiger partial charge in [-0.05, 0) is 33.9 Å². The first-order valence-electron chi connectivity index (χ1n) is 5.92. The normalized spacial score (nSPS) is 21.5. The van der Waals surface area contributed by atoms with Crippen LogP contribution in [0.15, 0.2) is 0 Å². The van der Waals surface area contributed by atoms with Gasteiger partial charge in [0.25, 0.3) is 0 Å². The van der Waals surface area contributed by atoms with Gasteiger partial charge in [0.1, 0.15) is 0 Å². The number of amides is 1. The molecule has 1 heterocycles. The number of carboxylic acids is 1. The van der Waals surface area contributed by atoms with Crippen LogP contribution in [0.4, 0.5) is 0 Å². The van der Waals surface area contributed by atoms with Crippen molar-refractivity contribution in [1.29, 1.82) is 0 Å². The van der Waals surface area contributed by atoms with Gasteiger partial charge in [0, 0.05) is 19.1 Å². The molecule has 1 saturated heterocycles. The molecule has 1 fully saturated rings. The van der Waals surface area contributed by atoms with Crippen molar-refractivity contribution in [1.82, 2.24) is 9.80 Å². The van der Waals surface area contributed by atoms with Crippen LogP contribution < -0.4 is 0 Å². The Morgan fingerprint density at radius 3 is 2.47 bits per heavy atom. The van der Waals surface area contributed by atoms with E-state index in [9.17, 15) is 9.59 Å². The van der Waals surface area contributed by atoms with Crippen LogP contribution in [0.2, 0.25) is 0 Å². The summed E-state index contributed by atoms with van der Waals surface area (Å²) in [6, 6.07) is 0. The Kier molecular flexibility index (Phi) is 4.14. The molecule has 0 aromatic carbocycles. The van der Waals surface area contributed by atoms with Crippen molar-refractivity contribution in [2.24, 2.45) is 5.92 Å². The largest absolute Gasteiger partial charge is 0.481 e. The summed E-state index contributed by atoms with van der Waals surface area (Å²) < 4.78 is 0. The molecule has 1 rings (SSSR count). The Bertz CT molecular complexity index is 315. The highest BCUT2D eigenvalue weighted by Crippen LogP contribution is 2.23. The number of rotatable bonds is 4. The topological polar surface area (TPSA) is 60.9 Å². The molecule has 1 N–H and O–H groups in total. The van der Waals surface area contributed by atoms with Crippen molar-refractivity contribution >= 4 is 11.9 Å². The number of nitrogens with zero attached hydrogens (tertiary/aromatic N) is 2. The first kappa shape index (κ1) is 14.0. The van der Waals surface area contributed by atoms with Crippen LogP contribution in [0.25, 0.3) is 0 Å². The van der Waals surface area contributed by atoms with Gasteiger partial charge in [-0.15, -0.1) is 0 Å². The highest BCUT2D eigenvalue weighted by Gasteiger charge is 2.35. The molecule has 1 amide bonds. The van der Waals surface area contributed by atoms with Crippen LogP contribution in [0.5, 0.6) is 0 Å². The summed E-state index contributed by atoms with van der Waals surface area (Å²) >= 11 is 0. The molecule has 1 aliphatic heterocycles. The molecule has 98 valence electrons. The molecule has 0 aromatic heterocycles. The third kappa shape index (κ3) is 3.43. The predicted octanol–water partition coefficient (Wildman–Crippen LogP) is 0.650. The fourth-order valence-electron chi connectivity index (χ4n) is 2.20. The molecule has 1 unspecified atom stereocenters. The van der Waals surface area contributed by atoms with Crippen LogP contribution >= 0.6 is 0 Å². The Morgan fingerprint density at radius 2 is 2.06 bits per heavy atom. The number of carbonyl (C=O) groups excluding carboxylic acids is 1. The zero-order chi connectivity index (χ0) is 13.2. The van der Waals surface area contributed by atoms with Crippen LogP contribution in [0, 0.1) is 5.92 Å². The Morgan fingerprint density at radius 1 is 1.47 bits per heavy atom. The molecule has 0 bridgehead atoms. The number of likely N-dealkylation sites (tertiary alicyclic amines) is 1. The van der Waals surface area contributed by atoms with Gasteiger partial charge in [0.05, 0.1) is 12.3 Å².